The van der Waals surface area contributed by atoms with Crippen LogP contribution in [0.15, 0.2) is 24.3 Å². The Balaban J connectivity index is 1.46. The van der Waals surface area contributed by atoms with Gasteiger partial charge in [0.05, 0.1) is 18.1 Å². The van der Waals surface area contributed by atoms with Gasteiger partial charge in [0.25, 0.3) is 5.91 Å². The van der Waals surface area contributed by atoms with Gasteiger partial charge in [-0.3, -0.25) is 9.69 Å². The van der Waals surface area contributed by atoms with Gasteiger partial charge in [-0.15, -0.1) is 11.3 Å². The number of hydrogen-bond donors (Lipinski definition) is 1. The summed E-state index contributed by atoms with van der Waals surface area (Å²) in [5, 5.41) is 0. The van der Waals surface area contributed by atoms with Crippen molar-refractivity contribution in [1.29, 1.82) is 0 Å². The van der Waals surface area contributed by atoms with Crippen molar-refractivity contribution in [3.05, 3.63) is 44.6 Å². The molecule has 3 heterocycles. The Kier molecular flexibility index (Phi) is 6.25. The first kappa shape index (κ1) is 21.4. The first-order valence-electron chi connectivity index (χ1n) is 10.1. The van der Waals surface area contributed by atoms with E-state index < -0.39 is 5.91 Å². The van der Waals surface area contributed by atoms with Gasteiger partial charge in [-0.25, -0.2) is 0 Å². The molecule has 0 saturated carbocycles. The molecular formula is C22H27ClN2O4S. The lowest BCUT2D eigenvalue weighted by Crippen LogP contribution is -2.49. The lowest BCUT2D eigenvalue weighted by Gasteiger charge is -2.47. The smallest absolute Gasteiger partial charge is 0.255 e. The van der Waals surface area contributed by atoms with Crippen LogP contribution >= 0.6 is 22.9 Å². The minimum absolute atomic E-state index is 0.171. The van der Waals surface area contributed by atoms with Crippen molar-refractivity contribution in [2.24, 2.45) is 5.73 Å². The highest BCUT2D eigenvalue weighted by Crippen LogP contribution is 2.48. The van der Waals surface area contributed by atoms with Crippen molar-refractivity contribution >= 4 is 28.8 Å². The number of nitrogens with zero attached hydrogens (tertiary/aromatic N) is 1. The van der Waals surface area contributed by atoms with Crippen LogP contribution in [0, 0.1) is 0 Å². The van der Waals surface area contributed by atoms with E-state index in [0.29, 0.717) is 17.5 Å². The number of halogens is 1. The second kappa shape index (κ2) is 8.75. The molecule has 30 heavy (non-hydrogen) atoms. The number of likely N-dealkylation sites (tertiary alicyclic amines) is 1. The molecule has 2 aromatic rings. The first-order valence-corrected chi connectivity index (χ1v) is 11.3. The summed E-state index contributed by atoms with van der Waals surface area (Å²) in [4.78, 5) is 14.8. The van der Waals surface area contributed by atoms with Gasteiger partial charge in [0.2, 0.25) is 0 Å². The number of piperidine rings is 1. The second-order valence-electron chi connectivity index (χ2n) is 8.01. The predicted octanol–water partition coefficient (Wildman–Crippen LogP) is 3.73. The van der Waals surface area contributed by atoms with Crippen LogP contribution in [0.4, 0.5) is 0 Å². The standard InChI is InChI=1S/C22H27ClN2O4S/c1-14-11-22(21-16(5-8-29-22)10-19(23)30-21)6-7-25(14)12-15-3-4-17(18(9-15)27-2)28-13-20(24)26/h3-4,9-10,14H,5-8,11-13H2,1-2H3,(H2,24,26)/t14-,22?/m0/s1. The number of primary amides is 1. The van der Waals surface area contributed by atoms with Crippen LogP contribution in [0.2, 0.25) is 4.34 Å². The molecule has 1 spiro atoms. The van der Waals surface area contributed by atoms with E-state index in [1.165, 1.54) is 10.4 Å². The summed E-state index contributed by atoms with van der Waals surface area (Å²) in [5.41, 5.74) is 7.44. The van der Waals surface area contributed by atoms with Crippen LogP contribution in [0.5, 0.6) is 11.5 Å². The maximum absolute atomic E-state index is 11.0. The minimum Gasteiger partial charge on any atom is -0.493 e. The van der Waals surface area contributed by atoms with E-state index in [0.717, 1.165) is 48.9 Å². The molecule has 1 amide bonds. The van der Waals surface area contributed by atoms with Crippen molar-refractivity contribution in [3.63, 3.8) is 0 Å². The highest BCUT2D eigenvalue weighted by molar-refractivity contribution is 7.16. The van der Waals surface area contributed by atoms with Crippen LogP contribution < -0.4 is 15.2 Å². The Hall–Kier alpha value is -1.80. The molecule has 2 N–H and O–H groups in total. The van der Waals surface area contributed by atoms with Gasteiger partial charge >= 0.3 is 0 Å². The fourth-order valence-corrected chi connectivity index (χ4v) is 6.01. The van der Waals surface area contributed by atoms with Gasteiger partial charge in [-0.1, -0.05) is 17.7 Å². The molecule has 1 aromatic carbocycles. The zero-order chi connectivity index (χ0) is 21.3. The summed E-state index contributed by atoms with van der Waals surface area (Å²) >= 11 is 7.99. The van der Waals surface area contributed by atoms with E-state index in [4.69, 9.17) is 31.5 Å². The van der Waals surface area contributed by atoms with Crippen molar-refractivity contribution in [2.75, 3.05) is 26.9 Å². The number of methoxy groups -OCH3 is 1. The lowest BCUT2D eigenvalue weighted by molar-refractivity contribution is -0.120. The number of amides is 1. The van der Waals surface area contributed by atoms with Crippen LogP contribution in [-0.2, 0) is 28.1 Å². The molecule has 1 saturated heterocycles. The third-order valence-corrected chi connectivity index (χ3v) is 7.47. The molecule has 2 aliphatic rings. The van der Waals surface area contributed by atoms with Gasteiger partial charge in [-0.2, -0.15) is 0 Å². The number of ether oxygens (including phenoxy) is 3. The van der Waals surface area contributed by atoms with Gasteiger partial charge in [-0.05, 0) is 55.5 Å². The van der Waals surface area contributed by atoms with Gasteiger partial charge in [0.15, 0.2) is 18.1 Å². The summed E-state index contributed by atoms with van der Waals surface area (Å²) in [6.45, 7) is 4.60. The number of fused-ring (bicyclic) bond motifs is 2. The third kappa shape index (κ3) is 4.30. The molecule has 0 radical (unpaired) electrons. The van der Waals surface area contributed by atoms with Crippen molar-refractivity contribution in [1.82, 2.24) is 4.90 Å². The molecule has 162 valence electrons. The van der Waals surface area contributed by atoms with E-state index in [2.05, 4.69) is 17.9 Å². The van der Waals surface area contributed by atoms with E-state index >= 15 is 0 Å². The van der Waals surface area contributed by atoms with Crippen LogP contribution in [0.25, 0.3) is 0 Å². The monoisotopic (exact) mass is 450 g/mol. The molecule has 0 aliphatic carbocycles. The zero-order valence-corrected chi connectivity index (χ0v) is 18.9. The van der Waals surface area contributed by atoms with Gasteiger partial charge < -0.3 is 19.9 Å². The zero-order valence-electron chi connectivity index (χ0n) is 17.3. The second-order valence-corrected chi connectivity index (χ2v) is 9.69. The number of rotatable bonds is 6. The summed E-state index contributed by atoms with van der Waals surface area (Å²) in [7, 11) is 1.59. The summed E-state index contributed by atoms with van der Waals surface area (Å²) in [6, 6.07) is 8.27. The topological polar surface area (TPSA) is 74.0 Å². The molecule has 4 rings (SSSR count). The Bertz CT molecular complexity index is 934. The van der Waals surface area contributed by atoms with Crippen molar-refractivity contribution in [3.8, 4) is 11.5 Å². The third-order valence-electron chi connectivity index (χ3n) is 5.98. The summed E-state index contributed by atoms with van der Waals surface area (Å²) < 4.78 is 18.1. The van der Waals surface area contributed by atoms with Crippen LogP contribution in [-0.4, -0.2) is 43.7 Å². The lowest BCUT2D eigenvalue weighted by atomic mass is 9.82. The summed E-state index contributed by atoms with van der Waals surface area (Å²) in [6.07, 6.45) is 2.86. The molecule has 0 bridgehead atoms. The fourth-order valence-electron chi connectivity index (χ4n) is 4.53. The molecule has 1 aromatic heterocycles. The number of benzene rings is 1. The number of thiophene rings is 1. The van der Waals surface area contributed by atoms with Crippen LogP contribution in [0.1, 0.15) is 35.8 Å². The van der Waals surface area contributed by atoms with Gasteiger partial charge in [0, 0.05) is 24.0 Å². The molecule has 1 unspecified atom stereocenters. The van der Waals surface area contributed by atoms with Crippen molar-refractivity contribution < 1.29 is 19.0 Å². The highest BCUT2D eigenvalue weighted by Gasteiger charge is 2.44. The molecular weight excluding hydrogens is 424 g/mol. The summed E-state index contributed by atoms with van der Waals surface area (Å²) in [5.74, 6) is 0.601. The Labute approximate surface area is 185 Å². The number of carbonyl (C=O) groups is 1. The minimum atomic E-state index is -0.516. The fraction of sp³-hybridized carbons (Fsp3) is 0.500. The van der Waals surface area contributed by atoms with E-state index in [9.17, 15) is 4.79 Å². The Morgan fingerprint density at radius 1 is 1.40 bits per heavy atom. The maximum Gasteiger partial charge on any atom is 0.255 e. The quantitative estimate of drug-likeness (QED) is 0.725. The molecule has 8 heteroatoms. The van der Waals surface area contributed by atoms with E-state index in [1.54, 1.807) is 18.4 Å². The van der Waals surface area contributed by atoms with E-state index in [1.807, 2.05) is 18.2 Å². The Morgan fingerprint density at radius 2 is 2.23 bits per heavy atom. The average molecular weight is 451 g/mol. The molecule has 6 nitrogen and oxygen atoms in total. The normalized spacial score (nSPS) is 23.9. The molecule has 2 aliphatic heterocycles. The highest BCUT2D eigenvalue weighted by atomic mass is 35.5. The van der Waals surface area contributed by atoms with Crippen LogP contribution in [0.3, 0.4) is 0 Å². The van der Waals surface area contributed by atoms with Crippen molar-refractivity contribution in [2.45, 2.75) is 44.4 Å². The van der Waals surface area contributed by atoms with E-state index in [-0.39, 0.29) is 12.2 Å². The number of carbonyl (C=O) groups excluding carboxylic acids is 1. The Morgan fingerprint density at radius 3 is 2.97 bits per heavy atom. The molecule has 2 atom stereocenters. The number of nitrogens with two attached hydrogens (primary N) is 1. The predicted molar refractivity (Wildman–Crippen MR) is 117 cm³/mol. The largest absolute Gasteiger partial charge is 0.493 e. The SMILES string of the molecule is COc1cc(CN2CCC3(C[C@@H]2C)OCCc2cc(Cl)sc23)ccc1OCC(N)=O. The molecule has 1 fully saturated rings. The average Bonchev–Trinajstić information content (AvgIpc) is 3.11. The van der Waals surface area contributed by atoms with Gasteiger partial charge in [0.1, 0.15) is 5.60 Å². The number of hydrogen-bond acceptors (Lipinski definition) is 6. The first-order chi connectivity index (χ1) is 14.4. The maximum atomic E-state index is 11.0.